The van der Waals surface area contributed by atoms with Crippen LogP contribution in [0, 0.1) is 11.3 Å². The van der Waals surface area contributed by atoms with E-state index in [1.807, 2.05) is 34.6 Å². The van der Waals surface area contributed by atoms with Gasteiger partial charge < -0.3 is 9.15 Å². The van der Waals surface area contributed by atoms with E-state index in [2.05, 4.69) is 4.99 Å². The smallest absolute Gasteiger partial charge is 0.433 e. The number of carbonyl (C=O) groups is 1. The Morgan fingerprint density at radius 3 is 2.56 bits per heavy atom. The molecule has 0 bridgehead atoms. The lowest BCUT2D eigenvalue weighted by atomic mass is 9.88. The molecular formula is C14H21NO3. The summed E-state index contributed by atoms with van der Waals surface area (Å²) in [7, 11) is 0. The molecule has 18 heavy (non-hydrogen) atoms. The second-order valence-corrected chi connectivity index (χ2v) is 5.66. The van der Waals surface area contributed by atoms with E-state index in [0.717, 1.165) is 0 Å². The molecule has 4 nitrogen and oxygen atoms in total. The molecule has 1 amide bonds. The summed E-state index contributed by atoms with van der Waals surface area (Å²) in [5.74, 6) is 0.898. The first-order valence-electron chi connectivity index (χ1n) is 6.10. The summed E-state index contributed by atoms with van der Waals surface area (Å²) >= 11 is 0. The van der Waals surface area contributed by atoms with Crippen molar-refractivity contribution in [1.29, 1.82) is 0 Å². The lowest BCUT2D eigenvalue weighted by Gasteiger charge is -2.19. The maximum absolute atomic E-state index is 11.6. The maximum atomic E-state index is 11.6. The lowest BCUT2D eigenvalue weighted by Crippen LogP contribution is -2.23. The largest absolute Gasteiger partial charge is 0.463 e. The molecule has 0 fully saturated rings. The van der Waals surface area contributed by atoms with Crippen LogP contribution in [0.4, 0.5) is 4.79 Å². The molecule has 0 spiro atoms. The van der Waals surface area contributed by atoms with E-state index >= 15 is 0 Å². The second kappa shape index (κ2) is 5.85. The van der Waals surface area contributed by atoms with Gasteiger partial charge in [0.05, 0.1) is 18.6 Å². The van der Waals surface area contributed by atoms with Crippen LogP contribution in [-0.2, 0) is 4.74 Å². The first-order valence-corrected chi connectivity index (χ1v) is 6.10. The van der Waals surface area contributed by atoms with Crippen molar-refractivity contribution in [3.8, 4) is 0 Å². The van der Waals surface area contributed by atoms with Crippen LogP contribution in [0.15, 0.2) is 27.8 Å². The second-order valence-electron chi connectivity index (χ2n) is 5.66. The number of aliphatic imine (C=N–C) groups is 1. The standard InChI is InChI=1S/C14H21NO3/c1-10(2)9-18-13(16)15-12(14(3,4)5)11-7-6-8-17-11/h6-8,10H,9H2,1-5H3/b15-12+. The van der Waals surface area contributed by atoms with Gasteiger partial charge in [-0.1, -0.05) is 34.6 Å². The number of rotatable bonds is 3. The molecule has 0 aliphatic carbocycles. The minimum atomic E-state index is -0.565. The molecule has 0 aromatic carbocycles. The highest BCUT2D eigenvalue weighted by Gasteiger charge is 2.24. The predicted octanol–water partition coefficient (Wildman–Crippen LogP) is 3.91. The minimum absolute atomic E-state index is 0.283. The van der Waals surface area contributed by atoms with Crippen molar-refractivity contribution in [2.24, 2.45) is 16.3 Å². The summed E-state index contributed by atoms with van der Waals surface area (Å²) in [4.78, 5) is 15.7. The Balaban J connectivity index is 2.88. The lowest BCUT2D eigenvalue weighted by molar-refractivity contribution is 0.143. The number of carbonyl (C=O) groups excluding carboxylic acids is 1. The zero-order valence-corrected chi connectivity index (χ0v) is 11.7. The van der Waals surface area contributed by atoms with Gasteiger partial charge in [0.25, 0.3) is 0 Å². The van der Waals surface area contributed by atoms with Crippen LogP contribution in [-0.4, -0.2) is 18.4 Å². The normalized spacial score (nSPS) is 12.9. The van der Waals surface area contributed by atoms with Crippen molar-refractivity contribution in [2.75, 3.05) is 6.61 Å². The van der Waals surface area contributed by atoms with Gasteiger partial charge in [-0.2, -0.15) is 4.99 Å². The number of hydrogen-bond acceptors (Lipinski definition) is 3. The molecule has 0 radical (unpaired) electrons. The summed E-state index contributed by atoms with van der Waals surface area (Å²) in [6, 6.07) is 3.57. The van der Waals surface area contributed by atoms with E-state index in [-0.39, 0.29) is 5.41 Å². The van der Waals surface area contributed by atoms with Crippen LogP contribution in [0.1, 0.15) is 40.4 Å². The van der Waals surface area contributed by atoms with Crippen LogP contribution in [0.2, 0.25) is 0 Å². The van der Waals surface area contributed by atoms with E-state index in [0.29, 0.717) is 24.0 Å². The molecule has 0 saturated carbocycles. The third-order valence-corrected chi connectivity index (χ3v) is 2.21. The van der Waals surface area contributed by atoms with Gasteiger partial charge in [-0.25, -0.2) is 4.79 Å². The molecule has 1 aromatic rings. The third-order valence-electron chi connectivity index (χ3n) is 2.21. The average molecular weight is 251 g/mol. The Kier molecular flexibility index (Phi) is 4.70. The fraction of sp³-hybridized carbons (Fsp3) is 0.571. The van der Waals surface area contributed by atoms with Crippen LogP contribution in [0.5, 0.6) is 0 Å². The molecule has 100 valence electrons. The van der Waals surface area contributed by atoms with Crippen molar-refractivity contribution in [3.63, 3.8) is 0 Å². The van der Waals surface area contributed by atoms with Crippen molar-refractivity contribution < 1.29 is 13.9 Å². The third kappa shape index (κ3) is 4.35. The fourth-order valence-corrected chi connectivity index (χ4v) is 1.37. The number of nitrogens with zero attached hydrogens (tertiary/aromatic N) is 1. The van der Waals surface area contributed by atoms with Gasteiger partial charge in [0.15, 0.2) is 0 Å². The Bertz CT molecular complexity index is 411. The molecule has 0 aliphatic rings. The van der Waals surface area contributed by atoms with Crippen LogP contribution in [0.3, 0.4) is 0 Å². The SMILES string of the molecule is CC(C)COC(=O)/N=C(\c1ccco1)C(C)(C)C. The minimum Gasteiger partial charge on any atom is -0.463 e. The van der Waals surface area contributed by atoms with Crippen LogP contribution < -0.4 is 0 Å². The highest BCUT2D eigenvalue weighted by Crippen LogP contribution is 2.22. The summed E-state index contributed by atoms with van der Waals surface area (Å²) in [5, 5.41) is 0. The summed E-state index contributed by atoms with van der Waals surface area (Å²) in [6.07, 6.45) is 1.00. The van der Waals surface area contributed by atoms with E-state index in [1.54, 1.807) is 18.4 Å². The molecule has 1 aromatic heterocycles. The predicted molar refractivity (Wildman–Crippen MR) is 70.9 cm³/mol. The van der Waals surface area contributed by atoms with E-state index in [4.69, 9.17) is 9.15 Å². The summed E-state index contributed by atoms with van der Waals surface area (Å²) < 4.78 is 10.4. The molecule has 0 saturated heterocycles. The van der Waals surface area contributed by atoms with Gasteiger partial charge in [0.2, 0.25) is 0 Å². The zero-order valence-electron chi connectivity index (χ0n) is 11.7. The van der Waals surface area contributed by atoms with Gasteiger partial charge in [0.1, 0.15) is 5.76 Å². The molecule has 1 heterocycles. The van der Waals surface area contributed by atoms with Gasteiger partial charge in [-0.05, 0) is 18.1 Å². The number of amides is 1. The molecule has 4 heteroatoms. The molecule has 0 N–H and O–H groups in total. The first-order chi connectivity index (χ1) is 8.30. The van der Waals surface area contributed by atoms with E-state index < -0.39 is 6.09 Å². The quantitative estimate of drug-likeness (QED) is 0.765. The number of hydrogen-bond donors (Lipinski definition) is 0. The zero-order chi connectivity index (χ0) is 13.8. The Morgan fingerprint density at radius 2 is 2.11 bits per heavy atom. The molecule has 0 unspecified atom stereocenters. The highest BCUT2D eigenvalue weighted by atomic mass is 16.5. The molecular weight excluding hydrogens is 230 g/mol. The average Bonchev–Trinajstić information content (AvgIpc) is 2.74. The van der Waals surface area contributed by atoms with Crippen LogP contribution in [0.25, 0.3) is 0 Å². The summed E-state index contributed by atoms with van der Waals surface area (Å²) in [5.41, 5.74) is 0.315. The van der Waals surface area contributed by atoms with Gasteiger partial charge in [0, 0.05) is 5.41 Å². The maximum Gasteiger partial charge on any atom is 0.433 e. The highest BCUT2D eigenvalue weighted by molar-refractivity contribution is 6.06. The van der Waals surface area contributed by atoms with Gasteiger partial charge in [-0.15, -0.1) is 0 Å². The topological polar surface area (TPSA) is 51.8 Å². The van der Waals surface area contributed by atoms with Crippen molar-refractivity contribution in [1.82, 2.24) is 0 Å². The Labute approximate surface area is 108 Å². The number of furan rings is 1. The van der Waals surface area contributed by atoms with Crippen molar-refractivity contribution >= 4 is 11.8 Å². The van der Waals surface area contributed by atoms with E-state index in [9.17, 15) is 4.79 Å². The monoisotopic (exact) mass is 251 g/mol. The Hall–Kier alpha value is -1.58. The van der Waals surface area contributed by atoms with E-state index in [1.165, 1.54) is 0 Å². The molecule has 0 aliphatic heterocycles. The molecule has 1 rings (SSSR count). The Morgan fingerprint density at radius 1 is 1.44 bits per heavy atom. The van der Waals surface area contributed by atoms with Crippen LogP contribution >= 0.6 is 0 Å². The first kappa shape index (κ1) is 14.5. The van der Waals surface area contributed by atoms with Gasteiger partial charge >= 0.3 is 6.09 Å². The number of ether oxygens (including phenoxy) is 1. The summed E-state index contributed by atoms with van der Waals surface area (Å²) in [6.45, 7) is 10.3. The van der Waals surface area contributed by atoms with Crippen molar-refractivity contribution in [3.05, 3.63) is 24.2 Å². The molecule has 0 atom stereocenters. The van der Waals surface area contributed by atoms with Gasteiger partial charge in [-0.3, -0.25) is 0 Å². The fourth-order valence-electron chi connectivity index (χ4n) is 1.37. The van der Waals surface area contributed by atoms with Crippen molar-refractivity contribution in [2.45, 2.75) is 34.6 Å².